The minimum absolute atomic E-state index is 1.12. The third-order valence-corrected chi connectivity index (χ3v) is 5.86. The third-order valence-electron chi connectivity index (χ3n) is 4.77. The summed E-state index contributed by atoms with van der Waals surface area (Å²) in [6.45, 7) is 7.78. The van der Waals surface area contributed by atoms with Gasteiger partial charge in [0.15, 0.2) is 0 Å². The zero-order valence-electron chi connectivity index (χ0n) is 15.3. The maximum atomic E-state index is 2.54. The van der Waals surface area contributed by atoms with E-state index in [1.54, 1.807) is 0 Å². The van der Waals surface area contributed by atoms with E-state index in [-0.39, 0.29) is 0 Å². The number of nitrogens with zero attached hydrogens (tertiary/aromatic N) is 1. The van der Waals surface area contributed by atoms with Crippen LogP contribution < -0.4 is 4.90 Å². The number of benzene rings is 2. The van der Waals surface area contributed by atoms with Crippen LogP contribution in [0.4, 0.5) is 11.4 Å². The molecule has 0 unspecified atom stereocenters. The smallest absolute Gasteiger partial charge is 0.0553 e. The van der Waals surface area contributed by atoms with Gasteiger partial charge in [0.25, 0.3) is 0 Å². The fraction of sp³-hybridized carbons (Fsp3) is 0.455. The lowest BCUT2D eigenvalue weighted by Gasteiger charge is -2.33. The first kappa shape index (κ1) is 17.4. The number of aryl methyl sites for hydroxylation is 2. The molecule has 24 heavy (non-hydrogen) atoms. The number of anilines is 2. The average molecular weight is 340 g/mol. The number of fused-ring (bicyclic) bond motifs is 2. The molecule has 0 aliphatic carbocycles. The highest BCUT2D eigenvalue weighted by atomic mass is 32.2. The zero-order chi connectivity index (χ0) is 16.9. The molecule has 0 N–H and O–H groups in total. The average Bonchev–Trinajstić information content (AvgIpc) is 2.56. The maximum absolute atomic E-state index is 2.54. The van der Waals surface area contributed by atoms with Crippen molar-refractivity contribution < 1.29 is 0 Å². The van der Waals surface area contributed by atoms with Gasteiger partial charge in [-0.2, -0.15) is 0 Å². The number of hydrogen-bond acceptors (Lipinski definition) is 2. The fourth-order valence-electron chi connectivity index (χ4n) is 3.39. The van der Waals surface area contributed by atoms with Gasteiger partial charge in [0.05, 0.1) is 11.4 Å². The van der Waals surface area contributed by atoms with Crippen molar-refractivity contribution in [3.8, 4) is 0 Å². The predicted octanol–water partition coefficient (Wildman–Crippen LogP) is 7.27. The fourth-order valence-corrected chi connectivity index (χ4v) is 4.68. The summed E-state index contributed by atoms with van der Waals surface area (Å²) in [5.74, 6) is 0. The summed E-state index contributed by atoms with van der Waals surface area (Å²) in [7, 11) is 0. The second-order valence-electron chi connectivity index (χ2n) is 6.96. The molecule has 0 fully saturated rings. The first-order valence-electron chi connectivity index (χ1n) is 9.35. The number of rotatable bonds is 7. The van der Waals surface area contributed by atoms with Gasteiger partial charge in [0.1, 0.15) is 0 Å². The van der Waals surface area contributed by atoms with Crippen LogP contribution in [0.25, 0.3) is 0 Å². The van der Waals surface area contributed by atoms with Crippen LogP contribution in [0, 0.1) is 13.8 Å². The van der Waals surface area contributed by atoms with Crippen LogP contribution in [0.2, 0.25) is 0 Å². The van der Waals surface area contributed by atoms with Crippen LogP contribution in [0.5, 0.6) is 0 Å². The Kier molecular flexibility index (Phi) is 5.89. The first-order chi connectivity index (χ1) is 11.7. The second-order valence-corrected chi connectivity index (χ2v) is 8.05. The van der Waals surface area contributed by atoms with Crippen molar-refractivity contribution in [2.24, 2.45) is 0 Å². The van der Waals surface area contributed by atoms with Gasteiger partial charge >= 0.3 is 0 Å². The monoisotopic (exact) mass is 339 g/mol. The Morgan fingerprint density at radius 3 is 1.88 bits per heavy atom. The molecule has 2 aromatic carbocycles. The van der Waals surface area contributed by atoms with Crippen LogP contribution in [0.3, 0.4) is 0 Å². The van der Waals surface area contributed by atoms with Crippen LogP contribution in [-0.4, -0.2) is 6.54 Å². The first-order valence-corrected chi connectivity index (χ1v) is 10.2. The van der Waals surface area contributed by atoms with Gasteiger partial charge < -0.3 is 4.90 Å². The topological polar surface area (TPSA) is 3.24 Å². The van der Waals surface area contributed by atoms with Crippen molar-refractivity contribution >= 4 is 23.1 Å². The largest absolute Gasteiger partial charge is 0.340 e. The van der Waals surface area contributed by atoms with Gasteiger partial charge in [0.2, 0.25) is 0 Å². The summed E-state index contributed by atoms with van der Waals surface area (Å²) >= 11 is 1.92. The van der Waals surface area contributed by atoms with E-state index in [4.69, 9.17) is 0 Å². The number of unbranched alkanes of at least 4 members (excludes halogenated alkanes) is 5. The summed E-state index contributed by atoms with van der Waals surface area (Å²) in [6.07, 6.45) is 8.07. The molecule has 0 bridgehead atoms. The molecule has 1 aliphatic rings. The normalized spacial score (nSPS) is 12.9. The molecule has 0 atom stereocenters. The van der Waals surface area contributed by atoms with E-state index in [0.29, 0.717) is 0 Å². The van der Waals surface area contributed by atoms with Gasteiger partial charge in [-0.1, -0.05) is 62.9 Å². The number of hydrogen-bond donors (Lipinski definition) is 0. The van der Waals surface area contributed by atoms with Crippen LogP contribution >= 0.6 is 11.8 Å². The van der Waals surface area contributed by atoms with Crippen molar-refractivity contribution in [2.45, 2.75) is 69.1 Å². The molecule has 2 aromatic rings. The molecule has 1 heterocycles. The minimum atomic E-state index is 1.12. The highest BCUT2D eigenvalue weighted by molar-refractivity contribution is 7.99. The lowest BCUT2D eigenvalue weighted by atomic mass is 10.1. The standard InChI is InChI=1S/C22H29NS/c1-4-5-6-7-8-9-14-23-19-12-10-17(2)15-21(19)24-22-16-18(3)11-13-20(22)23/h10-13,15-16H,4-9,14H2,1-3H3. The molecule has 2 heteroatoms. The highest BCUT2D eigenvalue weighted by Crippen LogP contribution is 2.48. The Morgan fingerprint density at radius 2 is 1.29 bits per heavy atom. The SMILES string of the molecule is CCCCCCCCN1c2ccc(C)cc2Sc2cc(C)ccc21. The van der Waals surface area contributed by atoms with Crippen molar-refractivity contribution in [1.29, 1.82) is 0 Å². The third kappa shape index (κ3) is 3.97. The van der Waals surface area contributed by atoms with Crippen LogP contribution in [0.1, 0.15) is 56.6 Å². The van der Waals surface area contributed by atoms with Crippen LogP contribution in [0.15, 0.2) is 46.2 Å². The van der Waals surface area contributed by atoms with E-state index < -0.39 is 0 Å². The Balaban J connectivity index is 1.77. The van der Waals surface area contributed by atoms with E-state index in [1.165, 1.54) is 70.8 Å². The van der Waals surface area contributed by atoms with Crippen molar-refractivity contribution in [1.82, 2.24) is 0 Å². The molecule has 0 saturated heterocycles. The Morgan fingerprint density at radius 1 is 0.750 bits per heavy atom. The van der Waals surface area contributed by atoms with E-state index in [9.17, 15) is 0 Å². The summed E-state index contributed by atoms with van der Waals surface area (Å²) in [5.41, 5.74) is 5.46. The van der Waals surface area contributed by atoms with E-state index >= 15 is 0 Å². The molecule has 0 aromatic heterocycles. The van der Waals surface area contributed by atoms with Gasteiger partial charge in [0, 0.05) is 16.3 Å². The molecule has 0 saturated carbocycles. The van der Waals surface area contributed by atoms with Crippen LogP contribution in [-0.2, 0) is 0 Å². The molecule has 0 amide bonds. The summed E-state index contributed by atoms with van der Waals surface area (Å²) in [5, 5.41) is 0. The quantitative estimate of drug-likeness (QED) is 0.488. The second kappa shape index (κ2) is 8.11. The molecular weight excluding hydrogens is 310 g/mol. The molecule has 3 rings (SSSR count). The zero-order valence-corrected chi connectivity index (χ0v) is 16.1. The Hall–Kier alpha value is -1.41. The lowest BCUT2D eigenvalue weighted by molar-refractivity contribution is 0.608. The van der Waals surface area contributed by atoms with E-state index in [1.807, 2.05) is 11.8 Å². The van der Waals surface area contributed by atoms with Gasteiger partial charge in [-0.05, 0) is 55.7 Å². The minimum Gasteiger partial charge on any atom is -0.340 e. The van der Waals surface area contributed by atoms with E-state index in [2.05, 4.69) is 62.1 Å². The summed E-state index contributed by atoms with van der Waals surface area (Å²) in [4.78, 5) is 5.35. The molecule has 0 spiro atoms. The maximum Gasteiger partial charge on any atom is 0.0553 e. The van der Waals surface area contributed by atoms with Crippen molar-refractivity contribution in [2.75, 3.05) is 11.4 Å². The van der Waals surface area contributed by atoms with Crippen molar-refractivity contribution in [3.63, 3.8) is 0 Å². The highest BCUT2D eigenvalue weighted by Gasteiger charge is 2.23. The Bertz CT molecular complexity index is 641. The predicted molar refractivity (Wildman–Crippen MR) is 107 cm³/mol. The van der Waals surface area contributed by atoms with Gasteiger partial charge in [-0.25, -0.2) is 0 Å². The van der Waals surface area contributed by atoms with E-state index in [0.717, 1.165) is 6.54 Å². The Labute approximate surface area is 151 Å². The summed E-state index contributed by atoms with van der Waals surface area (Å²) < 4.78 is 0. The van der Waals surface area contributed by atoms with Gasteiger partial charge in [-0.3, -0.25) is 0 Å². The molecule has 1 aliphatic heterocycles. The molecule has 128 valence electrons. The van der Waals surface area contributed by atoms with Gasteiger partial charge in [-0.15, -0.1) is 0 Å². The molecule has 0 radical (unpaired) electrons. The van der Waals surface area contributed by atoms with Crippen molar-refractivity contribution in [3.05, 3.63) is 47.5 Å². The molecular formula is C22H29NS. The summed E-state index contributed by atoms with van der Waals surface area (Å²) in [6, 6.07) is 13.8. The lowest BCUT2D eigenvalue weighted by Crippen LogP contribution is -2.22. The molecule has 1 nitrogen and oxygen atoms in total.